The van der Waals surface area contributed by atoms with Crippen LogP contribution >= 0.6 is 0 Å². The van der Waals surface area contributed by atoms with Gasteiger partial charge in [0.15, 0.2) is 23.0 Å². The van der Waals surface area contributed by atoms with E-state index in [0.717, 1.165) is 33.9 Å². The Hall–Kier alpha value is -6.34. The van der Waals surface area contributed by atoms with Crippen LogP contribution in [0.2, 0.25) is 0 Å². The Morgan fingerprint density at radius 3 is 1.20 bits per heavy atom. The quantitative estimate of drug-likeness (QED) is 0.174. The van der Waals surface area contributed by atoms with Gasteiger partial charge in [-0.05, 0) is 84.6 Å². The fourth-order valence-electron chi connectivity index (χ4n) is 7.29. The average Bonchev–Trinajstić information content (AvgIpc) is 3.42. The molecule has 0 aromatic heterocycles. The molecule has 0 bridgehead atoms. The Morgan fingerprint density at radius 2 is 0.824 bits per heavy atom. The largest absolute Gasteiger partial charge is 0.453 e. The van der Waals surface area contributed by atoms with Crippen molar-refractivity contribution in [2.24, 2.45) is 0 Å². The van der Waals surface area contributed by atoms with Crippen molar-refractivity contribution < 1.29 is 19.1 Å². The number of imide groups is 1. The summed E-state index contributed by atoms with van der Waals surface area (Å²) in [7, 11) is 0. The van der Waals surface area contributed by atoms with Crippen LogP contribution in [0.25, 0.3) is 0 Å². The Kier molecular flexibility index (Phi) is 7.83. The number of carbonyl (C=O) groups is 2. The third-order valence-corrected chi connectivity index (χ3v) is 9.46. The van der Waals surface area contributed by atoms with Crippen LogP contribution in [0.15, 0.2) is 127 Å². The smallest absolute Gasteiger partial charge is 0.268 e. The van der Waals surface area contributed by atoms with Crippen LogP contribution in [-0.4, -0.2) is 11.8 Å². The number of amides is 2. The molecule has 7 nitrogen and oxygen atoms in total. The highest BCUT2D eigenvalue weighted by molar-refractivity contribution is 6.38. The summed E-state index contributed by atoms with van der Waals surface area (Å²) < 4.78 is 12.6. The summed E-state index contributed by atoms with van der Waals surface area (Å²) in [5.41, 5.74) is 7.36. The van der Waals surface area contributed by atoms with Gasteiger partial charge in [-0.25, -0.2) is 4.90 Å². The number of fused-ring (bicyclic) bond motifs is 5. The van der Waals surface area contributed by atoms with Crippen LogP contribution in [-0.2, 0) is 0 Å². The van der Waals surface area contributed by atoms with Crippen molar-refractivity contribution in [1.82, 2.24) is 0 Å². The Bertz CT molecular complexity index is 2140. The summed E-state index contributed by atoms with van der Waals surface area (Å²) in [4.78, 5) is 35.8. The summed E-state index contributed by atoms with van der Waals surface area (Å²) >= 11 is 0. The second kappa shape index (κ2) is 12.5. The molecule has 0 radical (unpaired) electrons. The van der Waals surface area contributed by atoms with Gasteiger partial charge in [0.25, 0.3) is 11.8 Å². The Labute approximate surface area is 297 Å². The van der Waals surface area contributed by atoms with E-state index in [2.05, 4.69) is 13.8 Å². The third kappa shape index (κ3) is 4.88. The number of hydrogen-bond donors (Lipinski definition) is 0. The number of anilines is 7. The summed E-state index contributed by atoms with van der Waals surface area (Å²) in [5, 5.41) is 0. The molecule has 7 heteroatoms. The van der Waals surface area contributed by atoms with Gasteiger partial charge in [-0.1, -0.05) is 94.4 Å². The van der Waals surface area contributed by atoms with Crippen molar-refractivity contribution in [1.29, 1.82) is 0 Å². The van der Waals surface area contributed by atoms with Gasteiger partial charge in [0.2, 0.25) is 0 Å². The molecule has 0 N–H and O–H groups in total. The molecule has 3 aliphatic heterocycles. The molecule has 9 rings (SSSR count). The van der Waals surface area contributed by atoms with Gasteiger partial charge < -0.3 is 19.3 Å². The number of rotatable bonds is 4. The summed E-state index contributed by atoms with van der Waals surface area (Å²) in [6.07, 6.45) is 0. The average molecular weight is 672 g/mol. The standard InChI is InChI=1S/C42H31N3O4.C2H6/c1-25(2)27-14-12-13-26(3)40(27)45-41(46)38-32(43-28-15-4-8-19-34(28)48-35-20-9-5-16-29(35)43)23-24-33(39(38)42(45)47)44-30-17-6-10-21-36(30)49-37-22-11-7-18-31(37)44;1-2/h4-25H,1-3H3;1-2H3. The van der Waals surface area contributed by atoms with Crippen molar-refractivity contribution in [2.45, 2.75) is 40.5 Å². The van der Waals surface area contributed by atoms with E-state index in [9.17, 15) is 0 Å². The highest BCUT2D eigenvalue weighted by atomic mass is 16.5. The molecule has 0 atom stereocenters. The maximum atomic E-state index is 15.2. The van der Waals surface area contributed by atoms with Gasteiger partial charge in [0, 0.05) is 0 Å². The summed E-state index contributed by atoms with van der Waals surface area (Å²) in [6, 6.07) is 40.8. The number of carbonyl (C=O) groups excluding carboxylic acids is 2. The minimum atomic E-state index is -0.371. The summed E-state index contributed by atoms with van der Waals surface area (Å²) in [6.45, 7) is 10.1. The second-order valence-electron chi connectivity index (χ2n) is 12.7. The molecule has 6 aromatic carbocycles. The van der Waals surface area contributed by atoms with Gasteiger partial charge in [0.1, 0.15) is 0 Å². The van der Waals surface area contributed by atoms with E-state index in [1.54, 1.807) is 0 Å². The zero-order valence-corrected chi connectivity index (χ0v) is 29.2. The van der Waals surface area contributed by atoms with Crippen LogP contribution in [0.3, 0.4) is 0 Å². The fraction of sp³-hybridized carbons (Fsp3) is 0.136. The molecule has 0 saturated carbocycles. The highest BCUT2D eigenvalue weighted by Gasteiger charge is 2.46. The van der Waals surface area contributed by atoms with Crippen LogP contribution < -0.4 is 24.2 Å². The maximum absolute atomic E-state index is 15.2. The van der Waals surface area contributed by atoms with Gasteiger partial charge in [0.05, 0.1) is 50.9 Å². The molecular weight excluding hydrogens is 635 g/mol. The highest BCUT2D eigenvalue weighted by Crippen LogP contribution is 2.56. The van der Waals surface area contributed by atoms with Crippen molar-refractivity contribution in [2.75, 3.05) is 14.7 Å². The fourth-order valence-corrected chi connectivity index (χ4v) is 7.29. The monoisotopic (exact) mass is 671 g/mol. The third-order valence-electron chi connectivity index (χ3n) is 9.46. The van der Waals surface area contributed by atoms with E-state index in [0.29, 0.717) is 51.2 Å². The number of benzene rings is 6. The van der Waals surface area contributed by atoms with E-state index in [-0.39, 0.29) is 17.7 Å². The van der Waals surface area contributed by atoms with Crippen LogP contribution in [0.4, 0.5) is 39.8 Å². The van der Waals surface area contributed by atoms with E-state index >= 15 is 9.59 Å². The minimum Gasteiger partial charge on any atom is -0.453 e. The van der Waals surface area contributed by atoms with Crippen molar-refractivity contribution in [3.05, 3.63) is 150 Å². The first-order valence-corrected chi connectivity index (χ1v) is 17.4. The lowest BCUT2D eigenvalue weighted by atomic mass is 9.97. The summed E-state index contributed by atoms with van der Waals surface area (Å²) in [5.74, 6) is 1.96. The number of aryl methyl sites for hydroxylation is 1. The van der Waals surface area contributed by atoms with Gasteiger partial charge in [-0.15, -0.1) is 0 Å². The zero-order valence-electron chi connectivity index (χ0n) is 29.2. The lowest BCUT2D eigenvalue weighted by molar-refractivity contribution is 0.0926. The first kappa shape index (κ1) is 31.9. The molecule has 0 spiro atoms. The molecule has 252 valence electrons. The second-order valence-corrected chi connectivity index (χ2v) is 12.7. The molecule has 51 heavy (non-hydrogen) atoms. The van der Waals surface area contributed by atoms with Crippen LogP contribution in [0, 0.1) is 6.92 Å². The van der Waals surface area contributed by atoms with E-state index in [1.165, 1.54) is 4.90 Å². The van der Waals surface area contributed by atoms with Crippen molar-refractivity contribution in [3.63, 3.8) is 0 Å². The number of para-hydroxylation sites is 9. The molecule has 3 aliphatic rings. The Balaban J connectivity index is 0.00000184. The predicted octanol–water partition coefficient (Wildman–Crippen LogP) is 12.1. The number of ether oxygens (including phenoxy) is 2. The molecule has 0 fully saturated rings. The molecule has 3 heterocycles. The zero-order chi connectivity index (χ0) is 35.4. The van der Waals surface area contributed by atoms with Gasteiger partial charge in [-0.3, -0.25) is 9.59 Å². The van der Waals surface area contributed by atoms with Crippen molar-refractivity contribution >= 4 is 51.6 Å². The Morgan fingerprint density at radius 1 is 0.451 bits per heavy atom. The van der Waals surface area contributed by atoms with Crippen LogP contribution in [0.1, 0.15) is 65.5 Å². The molecule has 0 unspecified atom stereocenters. The predicted molar refractivity (Wildman–Crippen MR) is 204 cm³/mol. The van der Waals surface area contributed by atoms with E-state index in [4.69, 9.17) is 9.47 Å². The van der Waals surface area contributed by atoms with Gasteiger partial charge >= 0.3 is 0 Å². The SMILES string of the molecule is CC.Cc1cccc(C(C)C)c1N1C(=O)c2c(N3c4ccccc4Oc4ccccc43)ccc(N3c4ccccc4Oc4ccccc43)c2C1=O. The lowest BCUT2D eigenvalue weighted by Crippen LogP contribution is -2.32. The molecule has 2 amide bonds. The van der Waals surface area contributed by atoms with Crippen LogP contribution in [0.5, 0.6) is 23.0 Å². The first-order chi connectivity index (χ1) is 24.9. The van der Waals surface area contributed by atoms with Gasteiger partial charge in [-0.2, -0.15) is 0 Å². The number of nitrogens with zero attached hydrogens (tertiary/aromatic N) is 3. The lowest BCUT2D eigenvalue weighted by Gasteiger charge is -2.35. The van der Waals surface area contributed by atoms with E-state index in [1.807, 2.05) is 158 Å². The molecule has 0 saturated heterocycles. The van der Waals surface area contributed by atoms with Crippen molar-refractivity contribution in [3.8, 4) is 23.0 Å². The topological polar surface area (TPSA) is 62.3 Å². The molecular formula is C44H37N3O4. The normalized spacial score (nSPS) is 13.6. The minimum absolute atomic E-state index is 0.0779. The van der Waals surface area contributed by atoms with E-state index < -0.39 is 0 Å². The molecule has 6 aromatic rings. The maximum Gasteiger partial charge on any atom is 0.268 e. The first-order valence-electron chi connectivity index (χ1n) is 17.4. The molecule has 0 aliphatic carbocycles. The number of hydrogen-bond acceptors (Lipinski definition) is 6.